The third-order valence-electron chi connectivity index (χ3n) is 5.06. The molecule has 1 fully saturated rings. The number of carbonyl (C=O) groups excluding carboxylic acids is 1. The number of aryl methyl sites for hydroxylation is 1. The van der Waals surface area contributed by atoms with Gasteiger partial charge in [0.25, 0.3) is 5.91 Å². The second-order valence-electron chi connectivity index (χ2n) is 7.17. The maximum absolute atomic E-state index is 13.0. The van der Waals surface area contributed by atoms with Gasteiger partial charge in [-0.15, -0.1) is 11.3 Å². The highest BCUT2D eigenvalue weighted by Gasteiger charge is 2.32. The first-order chi connectivity index (χ1) is 14.8. The first-order valence-electron chi connectivity index (χ1n) is 9.53. The van der Waals surface area contributed by atoms with Crippen molar-refractivity contribution >= 4 is 50.5 Å². The summed E-state index contributed by atoms with van der Waals surface area (Å²) < 4.78 is 27.2. The minimum atomic E-state index is -3.80. The van der Waals surface area contributed by atoms with Crippen LogP contribution in [0.4, 0.5) is 0 Å². The number of nitrogens with zero attached hydrogens (tertiary/aromatic N) is 3. The molecule has 10 heteroatoms. The Hall–Kier alpha value is -1.97. The molecule has 0 bridgehead atoms. The predicted octanol–water partition coefficient (Wildman–Crippen LogP) is 4.57. The van der Waals surface area contributed by atoms with E-state index in [9.17, 15) is 13.2 Å². The third kappa shape index (κ3) is 4.63. The SMILES string of the molecule is Cc1ccc(-c2nc(C(=O)N3CCN(S(=O)(=O)c4cc(Cl)ccc4Cl)CC3)cs2)cc1. The fraction of sp³-hybridized carbons (Fsp3) is 0.238. The van der Waals surface area contributed by atoms with Gasteiger partial charge >= 0.3 is 0 Å². The largest absolute Gasteiger partial charge is 0.335 e. The Morgan fingerprint density at radius 1 is 1.03 bits per heavy atom. The molecular weight excluding hydrogens is 477 g/mol. The van der Waals surface area contributed by atoms with Crippen molar-refractivity contribution in [3.63, 3.8) is 0 Å². The Morgan fingerprint density at radius 2 is 1.71 bits per heavy atom. The molecule has 31 heavy (non-hydrogen) atoms. The van der Waals surface area contributed by atoms with Crippen molar-refractivity contribution in [2.24, 2.45) is 0 Å². The molecule has 0 spiro atoms. The van der Waals surface area contributed by atoms with E-state index in [0.29, 0.717) is 10.7 Å². The lowest BCUT2D eigenvalue weighted by Gasteiger charge is -2.33. The van der Waals surface area contributed by atoms with E-state index in [2.05, 4.69) is 4.98 Å². The fourth-order valence-electron chi connectivity index (χ4n) is 3.31. The molecule has 0 aliphatic carbocycles. The summed E-state index contributed by atoms with van der Waals surface area (Å²) in [5.41, 5.74) is 2.49. The van der Waals surface area contributed by atoms with Crippen molar-refractivity contribution in [3.8, 4) is 10.6 Å². The summed E-state index contributed by atoms with van der Waals surface area (Å²) in [6, 6.07) is 12.3. The first-order valence-corrected chi connectivity index (χ1v) is 12.6. The van der Waals surface area contributed by atoms with Crippen molar-refractivity contribution in [2.75, 3.05) is 26.2 Å². The highest BCUT2D eigenvalue weighted by molar-refractivity contribution is 7.89. The molecule has 0 radical (unpaired) electrons. The van der Waals surface area contributed by atoms with Crippen LogP contribution in [-0.4, -0.2) is 54.7 Å². The second-order valence-corrected chi connectivity index (χ2v) is 10.8. The van der Waals surface area contributed by atoms with E-state index in [4.69, 9.17) is 23.2 Å². The minimum absolute atomic E-state index is 0.0244. The lowest BCUT2D eigenvalue weighted by Crippen LogP contribution is -2.50. The highest BCUT2D eigenvalue weighted by Crippen LogP contribution is 2.29. The van der Waals surface area contributed by atoms with Crippen molar-refractivity contribution < 1.29 is 13.2 Å². The number of amides is 1. The fourth-order valence-corrected chi connectivity index (χ4v) is 6.27. The average molecular weight is 496 g/mol. The highest BCUT2D eigenvalue weighted by atomic mass is 35.5. The Morgan fingerprint density at radius 3 is 2.39 bits per heavy atom. The molecule has 6 nitrogen and oxygen atoms in total. The van der Waals surface area contributed by atoms with Crippen LogP contribution in [0.5, 0.6) is 0 Å². The molecule has 0 saturated carbocycles. The molecule has 1 aliphatic rings. The summed E-state index contributed by atoms with van der Waals surface area (Å²) >= 11 is 13.4. The van der Waals surface area contributed by atoms with E-state index in [1.807, 2.05) is 31.2 Å². The van der Waals surface area contributed by atoms with Gasteiger partial charge in [-0.3, -0.25) is 4.79 Å². The number of carbonyl (C=O) groups is 1. The van der Waals surface area contributed by atoms with Gasteiger partial charge in [-0.25, -0.2) is 13.4 Å². The van der Waals surface area contributed by atoms with Crippen molar-refractivity contribution in [1.29, 1.82) is 0 Å². The van der Waals surface area contributed by atoms with Crippen molar-refractivity contribution in [3.05, 3.63) is 69.1 Å². The summed E-state index contributed by atoms with van der Waals surface area (Å²) in [4.78, 5) is 19.0. The number of sulfonamides is 1. The summed E-state index contributed by atoms with van der Waals surface area (Å²) in [5.74, 6) is -0.201. The number of piperazine rings is 1. The Balaban J connectivity index is 1.45. The zero-order valence-corrected chi connectivity index (χ0v) is 19.7. The molecule has 0 unspecified atom stereocenters. The first kappa shape index (κ1) is 22.2. The number of halogens is 2. The smallest absolute Gasteiger partial charge is 0.273 e. The zero-order chi connectivity index (χ0) is 22.2. The molecule has 3 aromatic rings. The molecule has 2 heterocycles. The Kier molecular flexibility index (Phi) is 6.37. The van der Waals surface area contributed by atoms with Gasteiger partial charge in [-0.1, -0.05) is 53.0 Å². The van der Waals surface area contributed by atoms with E-state index in [1.54, 1.807) is 10.3 Å². The van der Waals surface area contributed by atoms with Gasteiger partial charge in [0.05, 0.1) is 5.02 Å². The lowest BCUT2D eigenvalue weighted by molar-refractivity contribution is 0.0693. The van der Waals surface area contributed by atoms with Gasteiger partial charge in [0.1, 0.15) is 15.6 Å². The maximum atomic E-state index is 13.0. The van der Waals surface area contributed by atoms with E-state index >= 15 is 0 Å². The van der Waals surface area contributed by atoms with Crippen LogP contribution in [0.15, 0.2) is 52.7 Å². The van der Waals surface area contributed by atoms with Crippen molar-refractivity contribution in [2.45, 2.75) is 11.8 Å². The monoisotopic (exact) mass is 495 g/mol. The zero-order valence-electron chi connectivity index (χ0n) is 16.6. The number of hydrogen-bond acceptors (Lipinski definition) is 5. The quantitative estimate of drug-likeness (QED) is 0.531. The Labute approximate surface area is 195 Å². The topological polar surface area (TPSA) is 70.6 Å². The van der Waals surface area contributed by atoms with Gasteiger partial charge in [-0.05, 0) is 25.1 Å². The molecule has 0 atom stereocenters. The number of aromatic nitrogens is 1. The molecule has 162 valence electrons. The van der Waals surface area contributed by atoms with Crippen LogP contribution in [0.2, 0.25) is 10.0 Å². The van der Waals surface area contributed by atoms with Gasteiger partial charge < -0.3 is 4.90 Å². The summed E-state index contributed by atoms with van der Waals surface area (Å²) in [6.07, 6.45) is 0. The van der Waals surface area contributed by atoms with E-state index < -0.39 is 10.0 Å². The van der Waals surface area contributed by atoms with E-state index in [0.717, 1.165) is 16.1 Å². The second kappa shape index (κ2) is 8.88. The number of rotatable bonds is 4. The maximum Gasteiger partial charge on any atom is 0.273 e. The molecule has 1 aliphatic heterocycles. The summed E-state index contributed by atoms with van der Waals surface area (Å²) in [6.45, 7) is 2.90. The van der Waals surface area contributed by atoms with Crippen LogP contribution in [-0.2, 0) is 10.0 Å². The number of hydrogen-bond donors (Lipinski definition) is 0. The van der Waals surface area contributed by atoms with Crippen LogP contribution >= 0.6 is 34.5 Å². The molecule has 1 aromatic heterocycles. The standard InChI is InChI=1S/C21H19Cl2N3O3S2/c1-14-2-4-15(5-3-14)20-24-18(13-30-20)21(27)25-8-10-26(11-9-25)31(28,29)19-12-16(22)6-7-17(19)23/h2-7,12-13H,8-11H2,1H3. The predicted molar refractivity (Wildman–Crippen MR) is 123 cm³/mol. The number of benzene rings is 2. The van der Waals surface area contributed by atoms with E-state index in [-0.39, 0.29) is 42.0 Å². The number of thiazole rings is 1. The van der Waals surface area contributed by atoms with E-state index in [1.165, 1.54) is 33.8 Å². The average Bonchev–Trinajstić information content (AvgIpc) is 3.25. The Bertz CT molecular complexity index is 1220. The summed E-state index contributed by atoms with van der Waals surface area (Å²) in [7, 11) is -3.80. The minimum Gasteiger partial charge on any atom is -0.335 e. The van der Waals surface area contributed by atoms with Gasteiger partial charge in [0.15, 0.2) is 0 Å². The van der Waals surface area contributed by atoms with Crippen LogP contribution < -0.4 is 0 Å². The molecule has 1 saturated heterocycles. The molecule has 2 aromatic carbocycles. The molecular formula is C21H19Cl2N3O3S2. The van der Waals surface area contributed by atoms with Crippen molar-refractivity contribution in [1.82, 2.24) is 14.2 Å². The summed E-state index contributed by atoms with van der Waals surface area (Å²) in [5, 5.41) is 2.94. The molecule has 1 amide bonds. The normalized spacial score (nSPS) is 15.3. The van der Waals surface area contributed by atoms with Crippen LogP contribution in [0.3, 0.4) is 0 Å². The van der Waals surface area contributed by atoms with Crippen LogP contribution in [0.25, 0.3) is 10.6 Å². The molecule has 4 rings (SSSR count). The third-order valence-corrected chi connectivity index (χ3v) is 8.57. The van der Waals surface area contributed by atoms with Gasteiger partial charge in [0.2, 0.25) is 10.0 Å². The lowest BCUT2D eigenvalue weighted by atomic mass is 10.2. The molecule has 0 N–H and O–H groups in total. The van der Waals surface area contributed by atoms with Gasteiger partial charge in [-0.2, -0.15) is 4.31 Å². The van der Waals surface area contributed by atoms with Crippen LogP contribution in [0, 0.1) is 6.92 Å². The van der Waals surface area contributed by atoms with Crippen LogP contribution in [0.1, 0.15) is 16.1 Å². The van der Waals surface area contributed by atoms with Gasteiger partial charge in [0, 0.05) is 42.1 Å².